The van der Waals surface area contributed by atoms with Crippen molar-refractivity contribution in [2.24, 2.45) is 5.92 Å². The number of hydrogen-bond acceptors (Lipinski definition) is 6. The molecule has 2 aliphatic rings. The van der Waals surface area contributed by atoms with E-state index >= 15 is 0 Å². The molecule has 0 atom stereocenters. The summed E-state index contributed by atoms with van der Waals surface area (Å²) in [6, 6.07) is 1.79. The summed E-state index contributed by atoms with van der Waals surface area (Å²) in [5, 5.41) is 8.40. The fourth-order valence-electron chi connectivity index (χ4n) is 3.36. The van der Waals surface area contributed by atoms with E-state index < -0.39 is 0 Å². The lowest BCUT2D eigenvalue weighted by Gasteiger charge is -2.38. The summed E-state index contributed by atoms with van der Waals surface area (Å²) in [5.74, 6) is 1.18. The van der Waals surface area contributed by atoms with E-state index in [1.807, 2.05) is 0 Å². The van der Waals surface area contributed by atoms with Gasteiger partial charge in [-0.1, -0.05) is 5.16 Å². The normalized spacial score (nSPS) is 18.9. The van der Waals surface area contributed by atoms with Crippen LogP contribution in [0.2, 0.25) is 0 Å². The van der Waals surface area contributed by atoms with Gasteiger partial charge >= 0.3 is 0 Å². The number of likely N-dealkylation sites (tertiary alicyclic amines) is 1. The summed E-state index contributed by atoms with van der Waals surface area (Å²) in [7, 11) is 0. The Morgan fingerprint density at radius 1 is 1.27 bits per heavy atom. The Bertz CT molecular complexity index is 703. The van der Waals surface area contributed by atoms with Crippen LogP contribution in [0.15, 0.2) is 21.8 Å². The molecule has 0 aromatic carbocycles. The fourth-order valence-corrected chi connectivity index (χ4v) is 3.36. The lowest BCUT2D eigenvalue weighted by Crippen LogP contribution is -2.49. The Balaban J connectivity index is 1.37. The molecule has 1 aliphatic heterocycles. The second-order valence-corrected chi connectivity index (χ2v) is 6.25. The SMILES string of the molecule is O=c1cc2c(nn1CC1CN(Cc3ncon3)C1)CCCC2. The molecule has 2 aromatic rings. The lowest BCUT2D eigenvalue weighted by atomic mass is 9.96. The van der Waals surface area contributed by atoms with Crippen LogP contribution >= 0.6 is 0 Å². The fraction of sp³-hybridized carbons (Fsp3) is 0.600. The molecule has 4 rings (SSSR count). The van der Waals surface area contributed by atoms with Gasteiger partial charge in [-0.2, -0.15) is 10.1 Å². The van der Waals surface area contributed by atoms with E-state index in [1.165, 1.54) is 19.2 Å². The highest BCUT2D eigenvalue weighted by Crippen LogP contribution is 2.20. The second kappa shape index (κ2) is 5.64. The third-order valence-corrected chi connectivity index (χ3v) is 4.51. The predicted octanol–water partition coefficient (Wildman–Crippen LogP) is 0.637. The summed E-state index contributed by atoms with van der Waals surface area (Å²) in [5.41, 5.74) is 2.31. The molecule has 1 fully saturated rings. The van der Waals surface area contributed by atoms with Crippen molar-refractivity contribution >= 4 is 0 Å². The maximum atomic E-state index is 12.2. The van der Waals surface area contributed by atoms with Crippen LogP contribution in [0.3, 0.4) is 0 Å². The van der Waals surface area contributed by atoms with Crippen molar-refractivity contribution in [3.63, 3.8) is 0 Å². The molecule has 0 unspecified atom stereocenters. The van der Waals surface area contributed by atoms with E-state index in [0.717, 1.165) is 37.2 Å². The minimum absolute atomic E-state index is 0.0391. The van der Waals surface area contributed by atoms with Gasteiger partial charge in [-0.15, -0.1) is 0 Å². The van der Waals surface area contributed by atoms with Crippen molar-refractivity contribution < 1.29 is 4.52 Å². The first kappa shape index (κ1) is 13.6. The van der Waals surface area contributed by atoms with Crippen LogP contribution in [-0.4, -0.2) is 37.9 Å². The van der Waals surface area contributed by atoms with Crippen LogP contribution in [0.25, 0.3) is 0 Å². The van der Waals surface area contributed by atoms with Gasteiger partial charge in [0.15, 0.2) is 5.82 Å². The quantitative estimate of drug-likeness (QED) is 0.824. The molecule has 0 radical (unpaired) electrons. The van der Waals surface area contributed by atoms with Gasteiger partial charge in [-0.3, -0.25) is 9.69 Å². The number of fused-ring (bicyclic) bond motifs is 1. The number of aryl methyl sites for hydroxylation is 2. The van der Waals surface area contributed by atoms with E-state index in [4.69, 9.17) is 4.52 Å². The summed E-state index contributed by atoms with van der Waals surface area (Å²) in [4.78, 5) is 18.4. The molecule has 22 heavy (non-hydrogen) atoms. The average molecular weight is 301 g/mol. The minimum atomic E-state index is 0.0391. The van der Waals surface area contributed by atoms with Gasteiger partial charge in [0.25, 0.3) is 5.56 Å². The highest BCUT2D eigenvalue weighted by molar-refractivity contribution is 5.20. The van der Waals surface area contributed by atoms with Crippen molar-refractivity contribution in [1.82, 2.24) is 24.8 Å². The van der Waals surface area contributed by atoms with E-state index in [0.29, 0.717) is 24.8 Å². The maximum Gasteiger partial charge on any atom is 0.267 e. The Labute approximate surface area is 127 Å². The van der Waals surface area contributed by atoms with Crippen molar-refractivity contribution in [1.29, 1.82) is 0 Å². The molecule has 3 heterocycles. The molecule has 1 aliphatic carbocycles. The van der Waals surface area contributed by atoms with E-state index in [9.17, 15) is 4.79 Å². The summed E-state index contributed by atoms with van der Waals surface area (Å²) in [6.07, 6.45) is 5.71. The van der Waals surface area contributed by atoms with Crippen LogP contribution in [0, 0.1) is 5.92 Å². The van der Waals surface area contributed by atoms with Crippen molar-refractivity contribution in [3.8, 4) is 0 Å². The molecule has 2 aromatic heterocycles. The number of rotatable bonds is 4. The molecule has 116 valence electrons. The maximum absolute atomic E-state index is 12.2. The Morgan fingerprint density at radius 3 is 2.95 bits per heavy atom. The van der Waals surface area contributed by atoms with Gasteiger partial charge in [0, 0.05) is 25.1 Å². The van der Waals surface area contributed by atoms with Gasteiger partial charge in [0.1, 0.15) is 0 Å². The van der Waals surface area contributed by atoms with E-state index in [1.54, 1.807) is 10.7 Å². The van der Waals surface area contributed by atoms with Crippen molar-refractivity contribution in [2.45, 2.75) is 38.8 Å². The number of hydrogen-bond donors (Lipinski definition) is 0. The summed E-state index contributed by atoms with van der Waals surface area (Å²) >= 11 is 0. The first-order valence-electron chi connectivity index (χ1n) is 7.85. The number of aromatic nitrogens is 4. The van der Waals surface area contributed by atoms with Crippen molar-refractivity contribution in [2.75, 3.05) is 13.1 Å². The van der Waals surface area contributed by atoms with E-state index in [-0.39, 0.29) is 5.56 Å². The predicted molar refractivity (Wildman–Crippen MR) is 78.2 cm³/mol. The zero-order valence-corrected chi connectivity index (χ0v) is 12.4. The Kier molecular flexibility index (Phi) is 3.49. The minimum Gasteiger partial charge on any atom is -0.343 e. The molecular formula is C15H19N5O2. The molecule has 7 heteroatoms. The largest absolute Gasteiger partial charge is 0.343 e. The van der Waals surface area contributed by atoms with Crippen LogP contribution in [-0.2, 0) is 25.9 Å². The van der Waals surface area contributed by atoms with Crippen LogP contribution in [0.5, 0.6) is 0 Å². The zero-order chi connectivity index (χ0) is 14.9. The van der Waals surface area contributed by atoms with Gasteiger partial charge in [-0.05, 0) is 31.2 Å². The molecule has 1 saturated heterocycles. The van der Waals surface area contributed by atoms with Crippen molar-refractivity contribution in [3.05, 3.63) is 39.9 Å². The Hall–Kier alpha value is -2.02. The summed E-state index contributed by atoms with van der Waals surface area (Å²) in [6.45, 7) is 3.30. The van der Waals surface area contributed by atoms with Crippen LogP contribution in [0.4, 0.5) is 0 Å². The second-order valence-electron chi connectivity index (χ2n) is 6.25. The van der Waals surface area contributed by atoms with E-state index in [2.05, 4.69) is 20.1 Å². The molecular weight excluding hydrogens is 282 g/mol. The lowest BCUT2D eigenvalue weighted by molar-refractivity contribution is 0.0730. The standard InChI is InChI=1S/C15H19N5O2/c21-15-5-12-3-1-2-4-13(12)17-20(15)8-11-6-19(7-11)9-14-16-10-22-18-14/h5,10-11H,1-4,6-9H2. The van der Waals surface area contributed by atoms with Crippen LogP contribution in [0.1, 0.15) is 29.9 Å². The molecule has 0 bridgehead atoms. The summed E-state index contributed by atoms with van der Waals surface area (Å²) < 4.78 is 6.39. The van der Waals surface area contributed by atoms with Crippen LogP contribution < -0.4 is 5.56 Å². The average Bonchev–Trinajstić information content (AvgIpc) is 2.98. The third kappa shape index (κ3) is 2.68. The smallest absolute Gasteiger partial charge is 0.267 e. The zero-order valence-electron chi connectivity index (χ0n) is 12.4. The molecule has 0 N–H and O–H groups in total. The molecule has 0 amide bonds. The topological polar surface area (TPSA) is 77.0 Å². The van der Waals surface area contributed by atoms with Gasteiger partial charge in [-0.25, -0.2) is 4.68 Å². The molecule has 0 saturated carbocycles. The first-order valence-corrected chi connectivity index (χ1v) is 7.85. The molecule has 0 spiro atoms. The number of nitrogens with zero attached hydrogens (tertiary/aromatic N) is 5. The van der Waals surface area contributed by atoms with Gasteiger partial charge < -0.3 is 4.52 Å². The first-order chi connectivity index (χ1) is 10.8. The monoisotopic (exact) mass is 301 g/mol. The van der Waals surface area contributed by atoms with Gasteiger partial charge in [0.2, 0.25) is 6.39 Å². The molecule has 7 nitrogen and oxygen atoms in total. The highest BCUT2D eigenvalue weighted by Gasteiger charge is 2.28. The van der Waals surface area contributed by atoms with Gasteiger partial charge in [0.05, 0.1) is 18.8 Å². The highest BCUT2D eigenvalue weighted by atomic mass is 16.5. The third-order valence-electron chi connectivity index (χ3n) is 4.51. The Morgan fingerprint density at radius 2 is 2.14 bits per heavy atom.